The van der Waals surface area contributed by atoms with E-state index >= 15 is 0 Å². The van der Waals surface area contributed by atoms with E-state index in [-0.39, 0.29) is 5.41 Å². The van der Waals surface area contributed by atoms with Gasteiger partial charge in [-0.05, 0) is 60.9 Å². The molecule has 1 heteroatoms. The van der Waals surface area contributed by atoms with E-state index in [0.29, 0.717) is 6.04 Å². The highest BCUT2D eigenvalue weighted by atomic mass is 14.9. The third-order valence-corrected chi connectivity index (χ3v) is 3.87. The second kappa shape index (κ2) is 4.45. The smallest absolute Gasteiger partial charge is 0.0325 e. The Bertz CT molecular complexity index is 383. The Morgan fingerprint density at radius 2 is 1.71 bits per heavy atom. The van der Waals surface area contributed by atoms with Crippen LogP contribution in [0.15, 0.2) is 12.1 Å². The van der Waals surface area contributed by atoms with Crippen molar-refractivity contribution in [1.82, 2.24) is 5.32 Å². The molecule has 17 heavy (non-hydrogen) atoms. The second-order valence-electron chi connectivity index (χ2n) is 6.42. The van der Waals surface area contributed by atoms with Crippen LogP contribution in [0.5, 0.6) is 0 Å². The molecule has 0 bridgehead atoms. The SMILES string of the molecule is Cc1cc(C(C)(C)C)cc(C)c1C1CCCN1. The maximum Gasteiger partial charge on any atom is 0.0325 e. The summed E-state index contributed by atoms with van der Waals surface area (Å²) in [5.74, 6) is 0. The van der Waals surface area contributed by atoms with Crippen LogP contribution in [-0.2, 0) is 5.41 Å². The molecule has 1 aromatic carbocycles. The van der Waals surface area contributed by atoms with E-state index in [1.807, 2.05) is 0 Å². The van der Waals surface area contributed by atoms with Crippen LogP contribution < -0.4 is 5.32 Å². The van der Waals surface area contributed by atoms with E-state index in [1.54, 1.807) is 0 Å². The fraction of sp³-hybridized carbons (Fsp3) is 0.625. The highest BCUT2D eigenvalue weighted by molar-refractivity contribution is 5.42. The Balaban J connectivity index is 2.42. The van der Waals surface area contributed by atoms with Crippen LogP contribution in [0.25, 0.3) is 0 Å². The van der Waals surface area contributed by atoms with Crippen LogP contribution in [0, 0.1) is 13.8 Å². The molecule has 1 N–H and O–H groups in total. The fourth-order valence-electron chi connectivity index (χ4n) is 2.89. The van der Waals surface area contributed by atoms with Crippen molar-refractivity contribution in [2.45, 2.75) is 58.9 Å². The molecule has 1 aliphatic heterocycles. The summed E-state index contributed by atoms with van der Waals surface area (Å²) in [5, 5.41) is 3.61. The number of aryl methyl sites for hydroxylation is 2. The van der Waals surface area contributed by atoms with Gasteiger partial charge in [0, 0.05) is 6.04 Å². The average Bonchev–Trinajstić information content (AvgIpc) is 2.68. The first-order valence-corrected chi connectivity index (χ1v) is 6.74. The molecular formula is C16H25N. The van der Waals surface area contributed by atoms with Crippen LogP contribution in [0.4, 0.5) is 0 Å². The molecule has 2 rings (SSSR count). The molecule has 0 saturated carbocycles. The average molecular weight is 231 g/mol. The van der Waals surface area contributed by atoms with Crippen LogP contribution in [0.2, 0.25) is 0 Å². The van der Waals surface area contributed by atoms with Gasteiger partial charge < -0.3 is 5.32 Å². The van der Waals surface area contributed by atoms with E-state index in [4.69, 9.17) is 0 Å². The topological polar surface area (TPSA) is 12.0 Å². The summed E-state index contributed by atoms with van der Waals surface area (Å²) in [4.78, 5) is 0. The third kappa shape index (κ3) is 2.55. The Kier molecular flexibility index (Phi) is 3.31. The van der Waals surface area contributed by atoms with Gasteiger partial charge in [0.2, 0.25) is 0 Å². The first-order valence-electron chi connectivity index (χ1n) is 6.74. The first kappa shape index (κ1) is 12.6. The largest absolute Gasteiger partial charge is 0.310 e. The van der Waals surface area contributed by atoms with Crippen molar-refractivity contribution >= 4 is 0 Å². The third-order valence-electron chi connectivity index (χ3n) is 3.87. The van der Waals surface area contributed by atoms with Crippen LogP contribution in [-0.4, -0.2) is 6.54 Å². The molecular weight excluding hydrogens is 206 g/mol. The van der Waals surface area contributed by atoms with Gasteiger partial charge in [-0.25, -0.2) is 0 Å². The predicted molar refractivity (Wildman–Crippen MR) is 74.6 cm³/mol. The second-order valence-corrected chi connectivity index (χ2v) is 6.42. The molecule has 1 saturated heterocycles. The minimum atomic E-state index is 0.247. The normalized spacial score (nSPS) is 20.9. The highest BCUT2D eigenvalue weighted by Gasteiger charge is 2.22. The molecule has 0 spiro atoms. The highest BCUT2D eigenvalue weighted by Crippen LogP contribution is 2.32. The molecule has 1 heterocycles. The lowest BCUT2D eigenvalue weighted by Crippen LogP contribution is -2.17. The maximum absolute atomic E-state index is 3.61. The van der Waals surface area contributed by atoms with Crippen molar-refractivity contribution in [2.24, 2.45) is 0 Å². The van der Waals surface area contributed by atoms with Crippen molar-refractivity contribution in [1.29, 1.82) is 0 Å². The zero-order valence-electron chi connectivity index (χ0n) is 11.9. The zero-order valence-corrected chi connectivity index (χ0v) is 11.9. The minimum absolute atomic E-state index is 0.247. The molecule has 0 aromatic heterocycles. The first-order chi connectivity index (χ1) is 7.89. The Morgan fingerprint density at radius 3 is 2.12 bits per heavy atom. The van der Waals surface area contributed by atoms with Gasteiger partial charge >= 0.3 is 0 Å². The molecule has 1 nitrogen and oxygen atoms in total. The summed E-state index contributed by atoms with van der Waals surface area (Å²) < 4.78 is 0. The number of nitrogens with one attached hydrogen (secondary N) is 1. The standard InChI is InChI=1S/C16H25N/c1-11-9-13(16(3,4)5)10-12(2)15(11)14-7-6-8-17-14/h9-10,14,17H,6-8H2,1-5H3. The van der Waals surface area contributed by atoms with Gasteiger partial charge in [-0.1, -0.05) is 32.9 Å². The monoisotopic (exact) mass is 231 g/mol. The van der Waals surface area contributed by atoms with Crippen molar-refractivity contribution in [3.8, 4) is 0 Å². The summed E-state index contributed by atoms with van der Waals surface area (Å²) in [5.41, 5.74) is 6.14. The molecule has 0 amide bonds. The Hall–Kier alpha value is -0.820. The van der Waals surface area contributed by atoms with E-state index < -0.39 is 0 Å². The van der Waals surface area contributed by atoms with Gasteiger partial charge in [0.05, 0.1) is 0 Å². The lowest BCUT2D eigenvalue weighted by Gasteiger charge is -2.24. The fourth-order valence-corrected chi connectivity index (χ4v) is 2.89. The molecule has 1 atom stereocenters. The van der Waals surface area contributed by atoms with Crippen LogP contribution in [0.3, 0.4) is 0 Å². The van der Waals surface area contributed by atoms with Crippen molar-refractivity contribution < 1.29 is 0 Å². The summed E-state index contributed by atoms with van der Waals surface area (Å²) in [7, 11) is 0. The van der Waals surface area contributed by atoms with Gasteiger partial charge in [-0.15, -0.1) is 0 Å². The number of hydrogen-bond acceptors (Lipinski definition) is 1. The van der Waals surface area contributed by atoms with Gasteiger partial charge in [0.15, 0.2) is 0 Å². The quantitative estimate of drug-likeness (QED) is 0.769. The Labute approximate surface area is 106 Å². The van der Waals surface area contributed by atoms with Gasteiger partial charge in [0.1, 0.15) is 0 Å². The predicted octanol–water partition coefficient (Wildman–Crippen LogP) is 4.03. The van der Waals surface area contributed by atoms with Crippen molar-refractivity contribution in [3.63, 3.8) is 0 Å². The number of rotatable bonds is 1. The number of hydrogen-bond donors (Lipinski definition) is 1. The van der Waals surface area contributed by atoms with E-state index in [2.05, 4.69) is 52.1 Å². The molecule has 0 radical (unpaired) electrons. The summed E-state index contributed by atoms with van der Waals surface area (Å²) in [6.07, 6.45) is 2.60. The van der Waals surface area contributed by atoms with Gasteiger partial charge in [-0.2, -0.15) is 0 Å². The Morgan fingerprint density at radius 1 is 1.12 bits per heavy atom. The van der Waals surface area contributed by atoms with E-state index in [1.165, 1.54) is 41.6 Å². The molecule has 0 aliphatic carbocycles. The molecule has 1 aromatic rings. The van der Waals surface area contributed by atoms with E-state index in [9.17, 15) is 0 Å². The van der Waals surface area contributed by atoms with Gasteiger partial charge in [-0.3, -0.25) is 0 Å². The molecule has 1 aliphatic rings. The van der Waals surface area contributed by atoms with Gasteiger partial charge in [0.25, 0.3) is 0 Å². The summed E-state index contributed by atoms with van der Waals surface area (Å²) in [6, 6.07) is 5.34. The van der Waals surface area contributed by atoms with Crippen LogP contribution >= 0.6 is 0 Å². The minimum Gasteiger partial charge on any atom is -0.310 e. The van der Waals surface area contributed by atoms with E-state index in [0.717, 1.165) is 0 Å². The van der Waals surface area contributed by atoms with Crippen molar-refractivity contribution in [3.05, 3.63) is 34.4 Å². The molecule has 1 fully saturated rings. The lowest BCUT2D eigenvalue weighted by atomic mass is 9.82. The van der Waals surface area contributed by atoms with Crippen LogP contribution in [0.1, 0.15) is 61.9 Å². The molecule has 1 unspecified atom stereocenters. The summed E-state index contributed by atoms with van der Waals surface area (Å²) >= 11 is 0. The zero-order chi connectivity index (χ0) is 12.6. The maximum atomic E-state index is 3.61. The number of benzene rings is 1. The lowest BCUT2D eigenvalue weighted by molar-refractivity contribution is 0.585. The molecule has 94 valence electrons. The summed E-state index contributed by atoms with van der Waals surface area (Å²) in [6.45, 7) is 12.6. The van der Waals surface area contributed by atoms with Crippen molar-refractivity contribution in [2.75, 3.05) is 6.54 Å².